The number of rotatable bonds is 9. The standard InChI is InChI=1S/C24H31N7O3/c32-24(33)26-10-1-2-12-29-14-9-18-5-3-7-21(20(18)15-29)34-16-19-6-4-13-30(19)22-8-11-25-23-27-17-28-31(22)23/h3,5,7-8,11,17,19,26H,1-2,4,6,9-10,12-16H2,(H,32,33)/t19-/m1/s1. The molecule has 0 aliphatic carbocycles. The van der Waals surface area contributed by atoms with Crippen LogP contribution in [0.15, 0.2) is 36.8 Å². The van der Waals surface area contributed by atoms with Gasteiger partial charge >= 0.3 is 6.09 Å². The number of aromatic nitrogens is 4. The molecule has 0 unspecified atom stereocenters. The van der Waals surface area contributed by atoms with Gasteiger partial charge in [-0.1, -0.05) is 12.1 Å². The van der Waals surface area contributed by atoms with Gasteiger partial charge in [0.05, 0.1) is 6.04 Å². The summed E-state index contributed by atoms with van der Waals surface area (Å²) in [6, 6.07) is 8.65. The zero-order chi connectivity index (χ0) is 23.3. The van der Waals surface area contributed by atoms with E-state index in [1.54, 1.807) is 10.7 Å². The summed E-state index contributed by atoms with van der Waals surface area (Å²) in [5.41, 5.74) is 2.65. The van der Waals surface area contributed by atoms with E-state index in [1.165, 1.54) is 17.5 Å². The van der Waals surface area contributed by atoms with Gasteiger partial charge in [0.2, 0.25) is 0 Å². The highest BCUT2D eigenvalue weighted by Crippen LogP contribution is 2.30. The normalized spacial score (nSPS) is 18.2. The average molecular weight is 466 g/mol. The minimum absolute atomic E-state index is 0.270. The van der Waals surface area contributed by atoms with Gasteiger partial charge in [-0.15, -0.1) is 0 Å². The first-order valence-corrected chi connectivity index (χ1v) is 12.0. The number of benzene rings is 1. The van der Waals surface area contributed by atoms with Crippen molar-refractivity contribution >= 4 is 17.7 Å². The van der Waals surface area contributed by atoms with E-state index in [9.17, 15) is 4.79 Å². The van der Waals surface area contributed by atoms with Gasteiger partial charge in [0.15, 0.2) is 0 Å². The predicted octanol–water partition coefficient (Wildman–Crippen LogP) is 2.58. The molecule has 10 nitrogen and oxygen atoms in total. The van der Waals surface area contributed by atoms with E-state index in [1.807, 2.05) is 6.07 Å². The lowest BCUT2D eigenvalue weighted by Gasteiger charge is -2.31. The Morgan fingerprint density at radius 1 is 1.21 bits per heavy atom. The van der Waals surface area contributed by atoms with Crippen LogP contribution in [0.5, 0.6) is 5.75 Å². The number of hydrogen-bond acceptors (Lipinski definition) is 7. The zero-order valence-corrected chi connectivity index (χ0v) is 19.3. The second-order valence-corrected chi connectivity index (χ2v) is 8.93. The average Bonchev–Trinajstić information content (AvgIpc) is 3.51. The van der Waals surface area contributed by atoms with Crippen LogP contribution in [0.1, 0.15) is 36.8 Å². The van der Waals surface area contributed by atoms with Gasteiger partial charge in [-0.2, -0.15) is 14.6 Å². The Labute approximate surface area is 198 Å². The summed E-state index contributed by atoms with van der Waals surface area (Å²) in [7, 11) is 0. The Hall–Kier alpha value is -3.40. The number of amides is 1. The van der Waals surface area contributed by atoms with Gasteiger partial charge < -0.3 is 20.1 Å². The van der Waals surface area contributed by atoms with Crippen LogP contribution in [-0.2, 0) is 13.0 Å². The van der Waals surface area contributed by atoms with Crippen molar-refractivity contribution in [2.45, 2.75) is 44.7 Å². The third-order valence-electron chi connectivity index (χ3n) is 6.75. The third-order valence-corrected chi connectivity index (χ3v) is 6.75. The summed E-state index contributed by atoms with van der Waals surface area (Å²) in [4.78, 5) is 23.9. The van der Waals surface area contributed by atoms with Crippen molar-refractivity contribution in [1.82, 2.24) is 29.8 Å². The quantitative estimate of drug-likeness (QED) is 0.464. The van der Waals surface area contributed by atoms with E-state index in [-0.39, 0.29) is 6.04 Å². The molecule has 2 aliphatic rings. The third kappa shape index (κ3) is 4.91. The highest BCUT2D eigenvalue weighted by atomic mass is 16.5. The zero-order valence-electron chi connectivity index (χ0n) is 19.3. The molecule has 34 heavy (non-hydrogen) atoms. The van der Waals surface area contributed by atoms with E-state index in [0.29, 0.717) is 18.9 Å². The largest absolute Gasteiger partial charge is 0.491 e. The second kappa shape index (κ2) is 10.3. The van der Waals surface area contributed by atoms with Gasteiger partial charge in [0.25, 0.3) is 5.78 Å². The van der Waals surface area contributed by atoms with E-state index < -0.39 is 6.09 Å². The SMILES string of the molecule is O=C(O)NCCCCN1CCc2cccc(OC[C@H]3CCCN3c3ccnc4ncnn34)c2C1. The number of unbranched alkanes of at least 4 members (excludes halogenated alkanes) is 1. The maximum Gasteiger partial charge on any atom is 0.404 e. The summed E-state index contributed by atoms with van der Waals surface area (Å²) >= 11 is 0. The number of carbonyl (C=O) groups is 1. The van der Waals surface area contributed by atoms with Crippen molar-refractivity contribution in [3.63, 3.8) is 0 Å². The summed E-state index contributed by atoms with van der Waals surface area (Å²) in [6.07, 6.45) is 7.39. The fourth-order valence-electron chi connectivity index (χ4n) is 5.03. The lowest BCUT2D eigenvalue weighted by Crippen LogP contribution is -2.36. The summed E-state index contributed by atoms with van der Waals surface area (Å²) in [5.74, 6) is 2.59. The van der Waals surface area contributed by atoms with E-state index >= 15 is 0 Å². The van der Waals surface area contributed by atoms with Gasteiger partial charge in [0, 0.05) is 37.9 Å². The lowest BCUT2D eigenvalue weighted by molar-refractivity contribution is 0.193. The maximum atomic E-state index is 10.6. The second-order valence-electron chi connectivity index (χ2n) is 8.93. The van der Waals surface area contributed by atoms with Crippen molar-refractivity contribution in [2.75, 3.05) is 37.7 Å². The van der Waals surface area contributed by atoms with Crippen LogP contribution >= 0.6 is 0 Å². The Kier molecular flexibility index (Phi) is 6.75. The molecule has 0 radical (unpaired) electrons. The summed E-state index contributed by atoms with van der Waals surface area (Å²) in [6.45, 7) is 4.94. The van der Waals surface area contributed by atoms with E-state index in [0.717, 1.165) is 69.9 Å². The molecule has 1 atom stereocenters. The molecule has 5 rings (SSSR count). The van der Waals surface area contributed by atoms with Gasteiger partial charge in [0.1, 0.15) is 24.5 Å². The van der Waals surface area contributed by atoms with Crippen LogP contribution in [0.3, 0.4) is 0 Å². The molecule has 1 amide bonds. The van der Waals surface area contributed by atoms with Crippen LogP contribution in [0.4, 0.5) is 10.6 Å². The number of anilines is 1. The number of ether oxygens (including phenoxy) is 1. The Morgan fingerprint density at radius 2 is 2.15 bits per heavy atom. The minimum atomic E-state index is -0.954. The number of hydrogen-bond donors (Lipinski definition) is 2. The number of nitrogens with one attached hydrogen (secondary N) is 1. The Bertz CT molecular complexity index is 1130. The molecule has 2 N–H and O–H groups in total. The molecule has 1 saturated heterocycles. The molecule has 2 aromatic heterocycles. The highest BCUT2D eigenvalue weighted by Gasteiger charge is 2.28. The van der Waals surface area contributed by atoms with Crippen LogP contribution < -0.4 is 15.0 Å². The monoisotopic (exact) mass is 465 g/mol. The van der Waals surface area contributed by atoms with Crippen molar-refractivity contribution in [3.05, 3.63) is 47.9 Å². The first-order valence-electron chi connectivity index (χ1n) is 12.0. The first kappa shape index (κ1) is 22.4. The van der Waals surface area contributed by atoms with Gasteiger partial charge in [-0.25, -0.2) is 9.78 Å². The first-order chi connectivity index (χ1) is 16.7. The number of nitrogens with zero attached hydrogens (tertiary/aromatic N) is 6. The molecule has 2 aliphatic heterocycles. The minimum Gasteiger partial charge on any atom is -0.491 e. The van der Waals surface area contributed by atoms with Crippen LogP contribution in [0.2, 0.25) is 0 Å². The molecule has 1 fully saturated rings. The molecular formula is C24H31N7O3. The number of carboxylic acid groups (broad SMARTS) is 1. The fraction of sp³-hybridized carbons (Fsp3) is 0.500. The van der Waals surface area contributed by atoms with Crippen LogP contribution in [0, 0.1) is 0 Å². The summed E-state index contributed by atoms with van der Waals surface area (Å²) in [5, 5.41) is 15.5. The fourth-order valence-corrected chi connectivity index (χ4v) is 5.03. The van der Waals surface area contributed by atoms with Gasteiger partial charge in [-0.05, 0) is 56.3 Å². The van der Waals surface area contributed by atoms with Crippen molar-refractivity contribution < 1.29 is 14.6 Å². The predicted molar refractivity (Wildman–Crippen MR) is 127 cm³/mol. The smallest absolute Gasteiger partial charge is 0.404 e. The van der Waals surface area contributed by atoms with Gasteiger partial charge in [-0.3, -0.25) is 4.90 Å². The maximum absolute atomic E-state index is 10.6. The lowest BCUT2D eigenvalue weighted by atomic mass is 9.98. The van der Waals surface area contributed by atoms with Crippen molar-refractivity contribution in [2.24, 2.45) is 0 Å². The van der Waals surface area contributed by atoms with Crippen LogP contribution in [0.25, 0.3) is 5.78 Å². The Balaban J connectivity index is 1.21. The highest BCUT2D eigenvalue weighted by molar-refractivity contribution is 5.64. The van der Waals surface area contributed by atoms with E-state index in [2.05, 4.69) is 48.4 Å². The van der Waals surface area contributed by atoms with Crippen LogP contribution in [-0.4, -0.2) is 74.5 Å². The molecule has 0 bridgehead atoms. The molecule has 0 saturated carbocycles. The molecular weight excluding hydrogens is 434 g/mol. The molecule has 0 spiro atoms. The molecule has 10 heteroatoms. The Morgan fingerprint density at radius 3 is 3.06 bits per heavy atom. The topological polar surface area (TPSA) is 108 Å². The number of fused-ring (bicyclic) bond motifs is 2. The molecule has 3 aromatic rings. The molecule has 180 valence electrons. The summed E-state index contributed by atoms with van der Waals surface area (Å²) < 4.78 is 8.25. The van der Waals surface area contributed by atoms with Crippen molar-refractivity contribution in [3.8, 4) is 5.75 Å². The van der Waals surface area contributed by atoms with Crippen molar-refractivity contribution in [1.29, 1.82) is 0 Å². The molecule has 1 aromatic carbocycles. The molecule has 4 heterocycles. The van der Waals surface area contributed by atoms with E-state index in [4.69, 9.17) is 9.84 Å².